The van der Waals surface area contributed by atoms with E-state index in [0.29, 0.717) is 17.4 Å². The number of benzene rings is 1. The summed E-state index contributed by atoms with van der Waals surface area (Å²) in [5.41, 5.74) is 10.0. The summed E-state index contributed by atoms with van der Waals surface area (Å²) in [4.78, 5) is 4.40. The smallest absolute Gasteiger partial charge is 0.145 e. The second kappa shape index (κ2) is 6.12. The zero-order valence-electron chi connectivity index (χ0n) is 13.3. The van der Waals surface area contributed by atoms with Gasteiger partial charge in [-0.25, -0.2) is 4.98 Å². The number of nitrogens with two attached hydrogens (primary N) is 1. The minimum absolute atomic E-state index is 0.473. The molecule has 3 aromatic rings. The number of aromatic nitrogens is 2. The van der Waals surface area contributed by atoms with Gasteiger partial charge in [0, 0.05) is 17.3 Å². The van der Waals surface area contributed by atoms with Crippen LogP contribution in [0.5, 0.6) is 0 Å². The van der Waals surface area contributed by atoms with Crippen LogP contribution in [0.2, 0.25) is 0 Å². The first-order chi connectivity index (χ1) is 11.1. The summed E-state index contributed by atoms with van der Waals surface area (Å²) in [6.07, 6.45) is 2.77. The van der Waals surface area contributed by atoms with Gasteiger partial charge in [-0.15, -0.1) is 0 Å². The van der Waals surface area contributed by atoms with Crippen LogP contribution in [0.1, 0.15) is 30.7 Å². The summed E-state index contributed by atoms with van der Waals surface area (Å²) in [6.45, 7) is 4.29. The minimum atomic E-state index is 0.473. The highest BCUT2D eigenvalue weighted by atomic mass is 16.4. The number of hydrogen-bond donors (Lipinski definition) is 2. The number of nitrogen functional groups attached to an aromatic ring is 1. The predicted octanol–water partition coefficient (Wildman–Crippen LogP) is 3.34. The molecule has 0 spiro atoms. The molecule has 3 N–H and O–H groups in total. The molecule has 0 saturated heterocycles. The van der Waals surface area contributed by atoms with E-state index in [1.165, 1.54) is 0 Å². The molecule has 3 rings (SSSR count). The van der Waals surface area contributed by atoms with Crippen LogP contribution in [0, 0.1) is 5.92 Å². The van der Waals surface area contributed by atoms with Gasteiger partial charge >= 0.3 is 0 Å². The Morgan fingerprint density at radius 3 is 2.57 bits per heavy atom. The Bertz CT molecular complexity index is 850. The molecule has 0 aliphatic rings. The van der Waals surface area contributed by atoms with Gasteiger partial charge in [0.05, 0.1) is 5.69 Å². The van der Waals surface area contributed by atoms with E-state index in [2.05, 4.69) is 24.0 Å². The van der Waals surface area contributed by atoms with E-state index in [9.17, 15) is 5.21 Å². The van der Waals surface area contributed by atoms with Crippen LogP contribution in [-0.2, 0) is 6.42 Å². The fraction of sp³-hybridized carbons (Fsp3) is 0.222. The van der Waals surface area contributed by atoms with Crippen molar-refractivity contribution in [3.05, 3.63) is 65.5 Å². The maximum atomic E-state index is 9.46. The predicted molar refractivity (Wildman–Crippen MR) is 92.0 cm³/mol. The van der Waals surface area contributed by atoms with E-state index in [1.54, 1.807) is 0 Å². The van der Waals surface area contributed by atoms with Crippen molar-refractivity contribution in [3.8, 4) is 0 Å². The van der Waals surface area contributed by atoms with Crippen LogP contribution in [0.15, 0.2) is 53.8 Å². The molecule has 0 bridgehead atoms. The molecule has 0 radical (unpaired) electrons. The molecule has 5 heteroatoms. The topological polar surface area (TPSA) is 75.9 Å². The lowest BCUT2D eigenvalue weighted by Crippen LogP contribution is -2.07. The molecule has 2 aromatic heterocycles. The van der Waals surface area contributed by atoms with E-state index in [1.807, 2.05) is 53.1 Å². The molecule has 0 fully saturated rings. The van der Waals surface area contributed by atoms with Gasteiger partial charge in [-0.2, -0.15) is 0 Å². The van der Waals surface area contributed by atoms with Crippen molar-refractivity contribution in [2.75, 3.05) is 5.73 Å². The fourth-order valence-corrected chi connectivity index (χ4v) is 2.72. The van der Waals surface area contributed by atoms with E-state index in [0.717, 1.165) is 28.9 Å². The molecule has 0 saturated carbocycles. The number of oxime groups is 1. The first-order valence-electron chi connectivity index (χ1n) is 7.64. The van der Waals surface area contributed by atoms with Crippen LogP contribution in [0.25, 0.3) is 5.65 Å². The van der Waals surface area contributed by atoms with Crippen LogP contribution in [0.3, 0.4) is 0 Å². The molecule has 0 amide bonds. The number of rotatable bonds is 4. The standard InChI is InChI=1S/C18H20N4O/c1-12(2)10-15-18(19)20-16-9-8-14(11-22(15)16)17(21-23)13-6-4-3-5-7-13/h3-9,11-12,23H,10,19H2,1-2H3/b21-17+. The van der Waals surface area contributed by atoms with E-state index >= 15 is 0 Å². The Balaban J connectivity index is 2.12. The lowest BCUT2D eigenvalue weighted by molar-refractivity contribution is 0.319. The molecule has 0 atom stereocenters. The van der Waals surface area contributed by atoms with Gasteiger partial charge in [0.15, 0.2) is 0 Å². The van der Waals surface area contributed by atoms with Crippen molar-refractivity contribution in [1.82, 2.24) is 9.38 Å². The fourth-order valence-electron chi connectivity index (χ4n) is 2.72. The second-order valence-corrected chi connectivity index (χ2v) is 6.00. The molecule has 118 valence electrons. The van der Waals surface area contributed by atoms with Crippen molar-refractivity contribution in [2.45, 2.75) is 20.3 Å². The van der Waals surface area contributed by atoms with Crippen LogP contribution >= 0.6 is 0 Å². The lowest BCUT2D eigenvalue weighted by atomic mass is 10.0. The Kier molecular flexibility index (Phi) is 4.02. The van der Waals surface area contributed by atoms with Crippen molar-refractivity contribution in [1.29, 1.82) is 0 Å². The Hall–Kier alpha value is -2.82. The van der Waals surface area contributed by atoms with E-state index < -0.39 is 0 Å². The molecule has 1 aromatic carbocycles. The highest BCUT2D eigenvalue weighted by Gasteiger charge is 2.14. The normalized spacial score (nSPS) is 12.2. The lowest BCUT2D eigenvalue weighted by Gasteiger charge is -2.09. The molecular weight excluding hydrogens is 288 g/mol. The molecule has 2 heterocycles. The highest BCUT2D eigenvalue weighted by Crippen LogP contribution is 2.20. The van der Waals surface area contributed by atoms with E-state index in [4.69, 9.17) is 5.73 Å². The zero-order chi connectivity index (χ0) is 16.4. The zero-order valence-corrected chi connectivity index (χ0v) is 13.3. The monoisotopic (exact) mass is 308 g/mol. The summed E-state index contributed by atoms with van der Waals surface area (Å²) in [5, 5.41) is 12.9. The summed E-state index contributed by atoms with van der Waals surface area (Å²) in [6, 6.07) is 13.4. The third-order valence-corrected chi connectivity index (χ3v) is 3.77. The summed E-state index contributed by atoms with van der Waals surface area (Å²) in [7, 11) is 0. The van der Waals surface area contributed by atoms with Crippen molar-refractivity contribution in [2.24, 2.45) is 11.1 Å². The van der Waals surface area contributed by atoms with Crippen molar-refractivity contribution < 1.29 is 5.21 Å². The van der Waals surface area contributed by atoms with E-state index in [-0.39, 0.29) is 0 Å². The molecular formula is C18H20N4O. The van der Waals surface area contributed by atoms with Gasteiger partial charge in [0.2, 0.25) is 0 Å². The average molecular weight is 308 g/mol. The first-order valence-corrected chi connectivity index (χ1v) is 7.64. The van der Waals surface area contributed by atoms with Crippen molar-refractivity contribution >= 4 is 17.2 Å². The third kappa shape index (κ3) is 2.90. The Morgan fingerprint density at radius 2 is 1.91 bits per heavy atom. The first kappa shape index (κ1) is 15.1. The average Bonchev–Trinajstić information content (AvgIpc) is 2.84. The number of anilines is 1. The quantitative estimate of drug-likeness (QED) is 0.441. The summed E-state index contributed by atoms with van der Waals surface area (Å²) >= 11 is 0. The second-order valence-electron chi connectivity index (χ2n) is 6.00. The number of fused-ring (bicyclic) bond motifs is 1. The Morgan fingerprint density at radius 1 is 1.17 bits per heavy atom. The van der Waals surface area contributed by atoms with Gasteiger partial charge in [-0.1, -0.05) is 49.3 Å². The maximum absolute atomic E-state index is 9.46. The highest BCUT2D eigenvalue weighted by molar-refractivity contribution is 6.12. The molecule has 0 aliphatic carbocycles. The number of nitrogens with zero attached hydrogens (tertiary/aromatic N) is 3. The molecule has 0 unspecified atom stereocenters. The minimum Gasteiger partial charge on any atom is -0.410 e. The van der Waals surface area contributed by atoms with Crippen molar-refractivity contribution in [3.63, 3.8) is 0 Å². The number of hydrogen-bond acceptors (Lipinski definition) is 4. The third-order valence-electron chi connectivity index (χ3n) is 3.77. The SMILES string of the molecule is CC(C)Cc1c(N)nc2ccc(/C(=N/O)c3ccccc3)cn12. The molecule has 23 heavy (non-hydrogen) atoms. The summed E-state index contributed by atoms with van der Waals surface area (Å²) in [5.74, 6) is 1.03. The van der Waals surface area contributed by atoms with Gasteiger partial charge in [-0.05, 0) is 24.5 Å². The van der Waals surface area contributed by atoms with Crippen LogP contribution < -0.4 is 5.73 Å². The van der Waals surface area contributed by atoms with Crippen LogP contribution in [-0.4, -0.2) is 20.3 Å². The summed E-state index contributed by atoms with van der Waals surface area (Å²) < 4.78 is 1.98. The largest absolute Gasteiger partial charge is 0.410 e. The van der Waals surface area contributed by atoms with Gasteiger partial charge in [0.25, 0.3) is 0 Å². The van der Waals surface area contributed by atoms with Gasteiger partial charge < -0.3 is 15.3 Å². The number of pyridine rings is 1. The molecule has 5 nitrogen and oxygen atoms in total. The van der Waals surface area contributed by atoms with Gasteiger partial charge in [0.1, 0.15) is 17.2 Å². The van der Waals surface area contributed by atoms with Gasteiger partial charge in [-0.3, -0.25) is 0 Å². The number of imidazole rings is 1. The maximum Gasteiger partial charge on any atom is 0.145 e. The van der Waals surface area contributed by atoms with Crippen LogP contribution in [0.4, 0.5) is 5.82 Å². The molecule has 0 aliphatic heterocycles. The Labute approximate surface area is 135 Å².